The molecule has 0 aliphatic rings. The minimum atomic E-state index is -0.869. The first-order valence-electron chi connectivity index (χ1n) is 22.9. The van der Waals surface area contributed by atoms with Crippen LogP contribution in [0.2, 0.25) is 0 Å². The van der Waals surface area contributed by atoms with Crippen LogP contribution >= 0.6 is 0 Å². The molecule has 0 saturated carbocycles. The van der Waals surface area contributed by atoms with E-state index >= 15 is 0 Å². The van der Waals surface area contributed by atoms with E-state index in [4.69, 9.17) is 9.47 Å². The second-order valence-electron chi connectivity index (χ2n) is 17.1. The number of aliphatic hydroxyl groups is 2. The molecule has 0 spiro atoms. The topological polar surface area (TPSA) is 154 Å². The molecule has 4 N–H and O–H groups in total. The smallest absolute Gasteiger partial charge is 0.455 e. The van der Waals surface area contributed by atoms with Gasteiger partial charge < -0.3 is 39.7 Å². The summed E-state index contributed by atoms with van der Waals surface area (Å²) in [7, 11) is 10.0. The third-order valence-electron chi connectivity index (χ3n) is 9.63. The highest BCUT2D eigenvalue weighted by Crippen LogP contribution is 2.16. The van der Waals surface area contributed by atoms with Crippen LogP contribution in [0.15, 0.2) is 24.3 Å². The highest BCUT2D eigenvalue weighted by molar-refractivity contribution is 5.78. The van der Waals surface area contributed by atoms with E-state index < -0.39 is 30.4 Å². The predicted octanol–water partition coefficient (Wildman–Crippen LogP) is 7.61. The molecule has 344 valence electrons. The first kappa shape index (κ1) is 58.2. The molecular formula is C47H90N4O8+2. The first-order valence-corrected chi connectivity index (χ1v) is 22.9. The van der Waals surface area contributed by atoms with Gasteiger partial charge in [0.1, 0.15) is 12.2 Å². The lowest BCUT2D eigenvalue weighted by molar-refractivity contribution is -0.862. The fourth-order valence-corrected chi connectivity index (χ4v) is 6.23. The molecule has 59 heavy (non-hydrogen) atoms. The number of quaternary nitrogens is 1. The Balaban J connectivity index is 0. The van der Waals surface area contributed by atoms with Crippen molar-refractivity contribution in [3.05, 3.63) is 31.2 Å². The summed E-state index contributed by atoms with van der Waals surface area (Å²) < 4.78 is 11.2. The van der Waals surface area contributed by atoms with Crippen LogP contribution in [0.3, 0.4) is 0 Å². The fraction of sp³-hybridized carbons (Fsp3) is 0.809. The average molecular weight is 839 g/mol. The molecule has 12 heteroatoms. The van der Waals surface area contributed by atoms with Crippen molar-refractivity contribution in [2.75, 3.05) is 61.4 Å². The number of likely N-dealkylation sites (N-methyl/N-ethyl adjacent to an activating group) is 1. The third-order valence-corrected chi connectivity index (χ3v) is 9.63. The number of carbonyl (C=O) groups is 4. The van der Waals surface area contributed by atoms with Crippen LogP contribution in [0.1, 0.15) is 162 Å². The number of amides is 2. The van der Waals surface area contributed by atoms with Gasteiger partial charge in [-0.15, -0.1) is 0 Å². The summed E-state index contributed by atoms with van der Waals surface area (Å²) in [5.41, 5.74) is 0. The van der Waals surface area contributed by atoms with Crippen LogP contribution in [0, 0.1) is 6.92 Å². The van der Waals surface area contributed by atoms with Crippen LogP contribution < -0.4 is 10.6 Å². The zero-order valence-corrected chi connectivity index (χ0v) is 38.9. The van der Waals surface area contributed by atoms with Gasteiger partial charge >= 0.3 is 11.9 Å². The summed E-state index contributed by atoms with van der Waals surface area (Å²) >= 11 is 0. The number of hydrogen-bond acceptors (Lipinski definition) is 9. The van der Waals surface area contributed by atoms with Crippen molar-refractivity contribution in [3.8, 4) is 0 Å². The molecule has 0 heterocycles. The standard InChI is InChI=1S/C33H57N3O8.C14H31N/c1-7-9-11-19-29(43-26(3)37)27(38)17-13-15-21-31(40)34-23-24-35-32(41)22-16-14-18-28(39)30(20-12-10-8-2)44-33(42)25-36(4,5)6;1-4-5-6-7-8-9-10-11-12-13-14-15(2)3/h13-16,27-30,38-39H,3,7-12,17-25H2,1-2,4-6H3;4-14H2,1-3H3/p+2/b15-13+,16-14+;. The molecule has 0 saturated heterocycles. The summed E-state index contributed by atoms with van der Waals surface area (Å²) in [5, 5.41) is 26.4. The van der Waals surface area contributed by atoms with E-state index in [1.165, 1.54) is 70.8 Å². The van der Waals surface area contributed by atoms with Crippen LogP contribution in [0.5, 0.6) is 0 Å². The molecule has 0 rings (SSSR count). The Bertz CT molecular complexity index is 1110. The normalized spacial score (nSPS) is 13.7. The van der Waals surface area contributed by atoms with Crippen molar-refractivity contribution in [2.24, 2.45) is 0 Å². The van der Waals surface area contributed by atoms with Crippen molar-refractivity contribution < 1.29 is 43.3 Å². The molecular weight excluding hydrogens is 749 g/mol. The second-order valence-corrected chi connectivity index (χ2v) is 17.1. The molecule has 0 bridgehead atoms. The Kier molecular flexibility index (Phi) is 38.7. The van der Waals surface area contributed by atoms with Crippen LogP contribution in [-0.4, -0.2) is 129 Å². The maximum absolute atomic E-state index is 12.3. The van der Waals surface area contributed by atoms with Gasteiger partial charge in [0.2, 0.25) is 11.8 Å². The lowest BCUT2D eigenvalue weighted by atomic mass is 10.0. The summed E-state index contributed by atoms with van der Waals surface area (Å²) in [6.45, 7) is 11.7. The van der Waals surface area contributed by atoms with Crippen LogP contribution in [0.25, 0.3) is 0 Å². The highest BCUT2D eigenvalue weighted by atomic mass is 16.6. The zero-order chi connectivity index (χ0) is 44.7. The minimum Gasteiger partial charge on any atom is -0.455 e. The maximum atomic E-state index is 12.3. The van der Waals surface area contributed by atoms with Crippen molar-refractivity contribution in [1.82, 2.24) is 15.5 Å². The number of nitrogens with one attached hydrogen (secondary N) is 2. The van der Waals surface area contributed by atoms with Crippen LogP contribution in [0.4, 0.5) is 0 Å². The first-order chi connectivity index (χ1) is 28.1. The summed E-state index contributed by atoms with van der Waals surface area (Å²) in [6.07, 6.45) is 25.7. The molecule has 0 aliphatic carbocycles. The molecule has 4 atom stereocenters. The molecule has 4 unspecified atom stereocenters. The average Bonchev–Trinajstić information content (AvgIpc) is 3.16. The second kappa shape index (κ2) is 39.2. The molecule has 0 aliphatic heterocycles. The minimum absolute atomic E-state index is 0.117. The van der Waals surface area contributed by atoms with E-state index in [-0.39, 0.29) is 63.1 Å². The number of carbonyl (C=O) groups excluding carboxylic acids is 4. The van der Waals surface area contributed by atoms with E-state index in [1.54, 1.807) is 24.3 Å². The number of esters is 2. The predicted molar refractivity (Wildman–Crippen MR) is 241 cm³/mol. The molecule has 2 amide bonds. The Morgan fingerprint density at radius 2 is 1.00 bits per heavy atom. The summed E-state index contributed by atoms with van der Waals surface area (Å²) in [5.74, 6) is -1.46. The van der Waals surface area contributed by atoms with Crippen molar-refractivity contribution in [1.29, 1.82) is 0 Å². The van der Waals surface area contributed by atoms with Crippen molar-refractivity contribution in [3.63, 3.8) is 0 Å². The Labute approximate surface area is 360 Å². The third kappa shape index (κ3) is 41.6. The van der Waals surface area contributed by atoms with Crippen molar-refractivity contribution in [2.45, 2.75) is 186 Å². The monoisotopic (exact) mass is 839 g/mol. The van der Waals surface area contributed by atoms with E-state index in [0.29, 0.717) is 17.3 Å². The molecule has 0 fully saturated rings. The van der Waals surface area contributed by atoms with E-state index in [0.717, 1.165) is 38.5 Å². The lowest BCUT2D eigenvalue weighted by Crippen LogP contribution is -2.42. The Morgan fingerprint density at radius 3 is 1.39 bits per heavy atom. The van der Waals surface area contributed by atoms with Gasteiger partial charge in [-0.2, -0.15) is 4.79 Å². The zero-order valence-electron chi connectivity index (χ0n) is 38.9. The Morgan fingerprint density at radius 1 is 0.610 bits per heavy atom. The van der Waals surface area contributed by atoms with Gasteiger partial charge in [0, 0.05) is 25.9 Å². The van der Waals surface area contributed by atoms with Gasteiger partial charge in [0.05, 0.1) is 33.4 Å². The molecule has 0 aromatic carbocycles. The van der Waals surface area contributed by atoms with E-state index in [9.17, 15) is 29.4 Å². The Hall–Kier alpha value is -2.93. The van der Waals surface area contributed by atoms with Crippen molar-refractivity contribution >= 4 is 23.8 Å². The van der Waals surface area contributed by atoms with E-state index in [1.807, 2.05) is 21.1 Å². The quantitative estimate of drug-likeness (QED) is 0.0164. The number of hydrogen-bond donors (Lipinski definition) is 4. The number of aliphatic hydroxyl groups excluding tert-OH is 2. The largest absolute Gasteiger partial charge is 0.493 e. The molecule has 12 nitrogen and oxygen atoms in total. The van der Waals surface area contributed by atoms with Gasteiger partial charge in [-0.1, -0.05) is 129 Å². The molecule has 0 aromatic rings. The number of nitrogens with zero attached hydrogens (tertiary/aromatic N) is 2. The highest BCUT2D eigenvalue weighted by Gasteiger charge is 2.25. The van der Waals surface area contributed by atoms with Gasteiger partial charge in [0.15, 0.2) is 13.5 Å². The SMILES string of the molecule is CCCCCCCCCCCCN(C)C.[CH2+]C(=O)OC(CCCCC)C(O)C/C=C/CC(=O)NCCNC(=O)C/C=C/CC(O)C(CCCCC)OC(=O)C[N+](C)(C)C. The number of ether oxygens (including phenoxy) is 2. The van der Waals surface area contributed by atoms with Gasteiger partial charge in [-0.25, -0.2) is 4.79 Å². The van der Waals surface area contributed by atoms with E-state index in [2.05, 4.69) is 57.3 Å². The van der Waals surface area contributed by atoms with Gasteiger partial charge in [-0.05, 0) is 65.6 Å². The van der Waals surface area contributed by atoms with Crippen LogP contribution in [-0.2, 0) is 28.7 Å². The number of unbranched alkanes of at least 4 members (excludes halogenated alkanes) is 13. The lowest BCUT2D eigenvalue weighted by Gasteiger charge is -2.26. The molecule has 0 radical (unpaired) electrons. The van der Waals surface area contributed by atoms with Gasteiger partial charge in [-0.3, -0.25) is 9.59 Å². The summed E-state index contributed by atoms with van der Waals surface area (Å²) in [6, 6.07) is 0. The fourth-order valence-electron chi connectivity index (χ4n) is 6.23. The summed E-state index contributed by atoms with van der Waals surface area (Å²) in [4.78, 5) is 50.0. The molecule has 0 aromatic heterocycles. The van der Waals surface area contributed by atoms with Gasteiger partial charge in [0.25, 0.3) is 0 Å². The maximum Gasteiger partial charge on any atom is 0.493 e. The number of rotatable bonds is 36.